The molecule has 0 bridgehead atoms. The van der Waals surface area contributed by atoms with Gasteiger partial charge in [-0.15, -0.1) is 0 Å². The topological polar surface area (TPSA) is 75.6 Å². The van der Waals surface area contributed by atoms with Crippen LogP contribution in [-0.2, 0) is 15.9 Å². The van der Waals surface area contributed by atoms with E-state index in [2.05, 4.69) is 5.32 Å². The number of ether oxygens (including phenoxy) is 1. The van der Waals surface area contributed by atoms with E-state index in [4.69, 9.17) is 4.74 Å². The molecular weight excluding hydrogens is 261 g/mol. The predicted molar refractivity (Wildman–Crippen MR) is 77.3 cm³/mol. The van der Waals surface area contributed by atoms with Gasteiger partial charge in [0.15, 0.2) is 11.1 Å². The van der Waals surface area contributed by atoms with Gasteiger partial charge < -0.3 is 14.6 Å². The third kappa shape index (κ3) is 4.66. The van der Waals surface area contributed by atoms with Gasteiger partial charge in [-0.3, -0.25) is 4.79 Å². The Kier molecular flexibility index (Phi) is 6.81. The van der Waals surface area contributed by atoms with Crippen molar-refractivity contribution in [3.8, 4) is 5.75 Å². The van der Waals surface area contributed by atoms with Gasteiger partial charge in [0.25, 0.3) is 0 Å². The molecule has 2 N–H and O–H groups in total. The van der Waals surface area contributed by atoms with Crippen LogP contribution in [0, 0.1) is 5.41 Å². The number of amides is 1. The number of carbonyl (C=O) groups is 1. The Morgan fingerprint density at radius 2 is 1.95 bits per heavy atom. The van der Waals surface area contributed by atoms with E-state index in [-0.39, 0.29) is 41.1 Å². The van der Waals surface area contributed by atoms with E-state index in [1.165, 1.54) is 7.11 Å². The molecule has 0 fully saturated rings. The molecule has 7 heteroatoms. The predicted octanol–water partition coefficient (Wildman–Crippen LogP) is 1.61. The summed E-state index contributed by atoms with van der Waals surface area (Å²) in [5, 5.41) is 2.63. The molecular formula is C12H18LiNO4S. The van der Waals surface area contributed by atoms with Gasteiger partial charge in [-0.25, -0.2) is 4.21 Å². The molecule has 5 nitrogen and oxygen atoms in total. The van der Waals surface area contributed by atoms with Crippen LogP contribution in [-0.4, -0.2) is 40.6 Å². The maximum absolute atomic E-state index is 11.9. The van der Waals surface area contributed by atoms with E-state index in [0.29, 0.717) is 0 Å². The van der Waals surface area contributed by atoms with E-state index in [1.54, 1.807) is 39.0 Å². The summed E-state index contributed by atoms with van der Waals surface area (Å²) in [6, 6.07) is 4.78. The van der Waals surface area contributed by atoms with Crippen LogP contribution in [0.25, 0.3) is 0 Å². The minimum absolute atomic E-state index is 0. The fraction of sp³-hybridized carbons (Fsp3) is 0.417. The van der Waals surface area contributed by atoms with Gasteiger partial charge in [-0.2, -0.15) is 0 Å². The van der Waals surface area contributed by atoms with Crippen LogP contribution in [0.2, 0.25) is 0 Å². The Bertz CT molecular complexity index is 485. The van der Waals surface area contributed by atoms with Crippen molar-refractivity contribution < 1.29 is 18.3 Å². The fourth-order valence-corrected chi connectivity index (χ4v) is 1.90. The first-order valence-corrected chi connectivity index (χ1v) is 6.47. The molecule has 0 aliphatic rings. The zero-order valence-electron chi connectivity index (χ0n) is 10.8. The number of benzene rings is 1. The van der Waals surface area contributed by atoms with Crippen LogP contribution in [0.5, 0.6) is 5.75 Å². The molecule has 0 radical (unpaired) electrons. The quantitative estimate of drug-likeness (QED) is 0.651. The molecule has 1 amide bonds. The summed E-state index contributed by atoms with van der Waals surface area (Å²) in [6.07, 6.45) is 0. The van der Waals surface area contributed by atoms with Gasteiger partial charge >= 0.3 is 18.9 Å². The van der Waals surface area contributed by atoms with Crippen molar-refractivity contribution >= 4 is 41.5 Å². The Morgan fingerprint density at radius 1 is 1.37 bits per heavy atom. The zero-order chi connectivity index (χ0) is 13.9. The molecule has 19 heavy (non-hydrogen) atoms. The first-order chi connectivity index (χ1) is 8.27. The second kappa shape index (κ2) is 7.11. The van der Waals surface area contributed by atoms with E-state index >= 15 is 0 Å². The first-order valence-electron chi connectivity index (χ1n) is 5.36. The summed E-state index contributed by atoms with van der Waals surface area (Å²) >= 11 is -2.23. The van der Waals surface area contributed by atoms with Crippen molar-refractivity contribution in [3.05, 3.63) is 18.2 Å². The van der Waals surface area contributed by atoms with Gasteiger partial charge in [0.2, 0.25) is 5.91 Å². The van der Waals surface area contributed by atoms with E-state index in [9.17, 15) is 13.6 Å². The molecule has 0 aliphatic heterocycles. The van der Waals surface area contributed by atoms with Crippen LogP contribution in [0.4, 0.5) is 5.69 Å². The second-order valence-corrected chi connectivity index (χ2v) is 5.70. The standard InChI is InChI=1S/C12H17NO4S.Li.H/c1-12(2,3)11(14)13-8-6-5-7-9(17-4)10(8)18(15)16;;/h5-7H,1-4H3,(H,13,14)(H,15,16);;. The number of nitrogens with one attached hydrogen (secondary N) is 1. The normalized spacial score (nSPS) is 12.3. The number of carbonyl (C=O) groups excluding carboxylic acids is 1. The van der Waals surface area contributed by atoms with Crippen molar-refractivity contribution in [1.82, 2.24) is 0 Å². The monoisotopic (exact) mass is 279 g/mol. The van der Waals surface area contributed by atoms with Crippen LogP contribution in [0.3, 0.4) is 0 Å². The molecule has 1 atom stereocenters. The molecule has 1 aromatic rings. The van der Waals surface area contributed by atoms with E-state index in [0.717, 1.165) is 0 Å². The first kappa shape index (κ1) is 18.2. The fourth-order valence-electron chi connectivity index (χ4n) is 1.26. The average molecular weight is 279 g/mol. The van der Waals surface area contributed by atoms with Gasteiger partial charge in [-0.1, -0.05) is 26.8 Å². The molecule has 1 aromatic carbocycles. The molecule has 1 rings (SSSR count). The molecule has 102 valence electrons. The second-order valence-electron chi connectivity index (χ2n) is 4.79. The van der Waals surface area contributed by atoms with Crippen LogP contribution in [0.1, 0.15) is 20.8 Å². The minimum atomic E-state index is -2.23. The molecule has 0 aliphatic carbocycles. The maximum atomic E-state index is 11.9. The molecule has 0 heterocycles. The zero-order valence-corrected chi connectivity index (χ0v) is 11.6. The number of hydrogen-bond donors (Lipinski definition) is 2. The van der Waals surface area contributed by atoms with Crippen molar-refractivity contribution in [2.75, 3.05) is 12.4 Å². The van der Waals surface area contributed by atoms with E-state index < -0.39 is 16.5 Å². The Hall–Kier alpha value is -0.803. The van der Waals surface area contributed by atoms with E-state index in [1.807, 2.05) is 0 Å². The molecule has 0 saturated heterocycles. The number of anilines is 1. The van der Waals surface area contributed by atoms with Gasteiger partial charge in [-0.05, 0) is 12.1 Å². The Balaban J connectivity index is 0.00000324. The summed E-state index contributed by atoms with van der Waals surface area (Å²) in [5.74, 6) is 0.0324. The third-order valence-electron chi connectivity index (χ3n) is 2.30. The average Bonchev–Trinajstić information content (AvgIpc) is 2.26. The van der Waals surface area contributed by atoms with Crippen LogP contribution < -0.4 is 10.1 Å². The third-order valence-corrected chi connectivity index (χ3v) is 3.07. The summed E-state index contributed by atoms with van der Waals surface area (Å²) in [6.45, 7) is 5.29. The Labute approximate surface area is 127 Å². The van der Waals surface area contributed by atoms with Crippen molar-refractivity contribution in [3.63, 3.8) is 0 Å². The molecule has 0 spiro atoms. The number of methoxy groups -OCH3 is 1. The van der Waals surface area contributed by atoms with Gasteiger partial charge in [0, 0.05) is 5.41 Å². The van der Waals surface area contributed by atoms with Crippen molar-refractivity contribution in [2.45, 2.75) is 25.7 Å². The summed E-state index contributed by atoms with van der Waals surface area (Å²) < 4.78 is 25.6. The van der Waals surface area contributed by atoms with Crippen LogP contribution in [0.15, 0.2) is 23.1 Å². The Morgan fingerprint density at radius 3 is 2.37 bits per heavy atom. The van der Waals surface area contributed by atoms with Gasteiger partial charge in [0.05, 0.1) is 12.8 Å². The van der Waals surface area contributed by atoms with Crippen LogP contribution >= 0.6 is 0 Å². The molecule has 1 unspecified atom stereocenters. The SMILES string of the molecule is COc1cccc(NC(=O)C(C)(C)C)c1S(=O)O.[LiH]. The summed E-state index contributed by atoms with van der Waals surface area (Å²) in [7, 11) is 1.40. The molecule has 0 saturated carbocycles. The number of hydrogen-bond acceptors (Lipinski definition) is 3. The molecule has 0 aromatic heterocycles. The van der Waals surface area contributed by atoms with Crippen molar-refractivity contribution in [2.24, 2.45) is 5.41 Å². The summed E-state index contributed by atoms with van der Waals surface area (Å²) in [5.41, 5.74) is -0.299. The van der Waals surface area contributed by atoms with Gasteiger partial charge in [0.1, 0.15) is 10.6 Å². The summed E-state index contributed by atoms with van der Waals surface area (Å²) in [4.78, 5) is 11.9. The number of rotatable bonds is 3. The van der Waals surface area contributed by atoms with Crippen molar-refractivity contribution in [1.29, 1.82) is 0 Å².